The number of ether oxygens (including phenoxy) is 3. The zero-order chi connectivity index (χ0) is 41.0. The van der Waals surface area contributed by atoms with Crippen LogP contribution in [-0.2, 0) is 52.3 Å². The highest BCUT2D eigenvalue weighted by atomic mass is 79.9. The van der Waals surface area contributed by atoms with Crippen molar-refractivity contribution >= 4 is 27.9 Å². The van der Waals surface area contributed by atoms with E-state index in [4.69, 9.17) is 9.47 Å². The van der Waals surface area contributed by atoms with Gasteiger partial charge >= 0.3 is 11.9 Å². The Balaban J connectivity index is 0.000000195. The van der Waals surface area contributed by atoms with Crippen molar-refractivity contribution < 1.29 is 23.8 Å². The maximum absolute atomic E-state index is 11.6. The summed E-state index contributed by atoms with van der Waals surface area (Å²) in [6, 6.07) is 48.8. The Morgan fingerprint density at radius 2 is 0.966 bits per heavy atom. The highest BCUT2D eigenvalue weighted by Crippen LogP contribution is 2.14. The average Bonchev–Trinajstić information content (AvgIpc) is 3.89. The molecule has 0 bridgehead atoms. The molecule has 3 heterocycles. The number of esters is 2. The molecule has 1 N–H and O–H groups in total. The normalized spacial score (nSPS) is 11.4. The van der Waals surface area contributed by atoms with Gasteiger partial charge in [0.1, 0.15) is 0 Å². The maximum Gasteiger partial charge on any atom is 0.339 e. The molecule has 1 fully saturated rings. The summed E-state index contributed by atoms with van der Waals surface area (Å²) in [6.07, 6.45) is 5.63. The molecule has 0 atom stereocenters. The molecule has 1 aliphatic heterocycles. The summed E-state index contributed by atoms with van der Waals surface area (Å²) >= 11 is 3.26. The van der Waals surface area contributed by atoms with Crippen molar-refractivity contribution in [1.82, 2.24) is 20.2 Å². The molecule has 0 amide bonds. The van der Waals surface area contributed by atoms with Gasteiger partial charge in [-0.2, -0.15) is 0 Å². The van der Waals surface area contributed by atoms with Gasteiger partial charge in [0.15, 0.2) is 0 Å². The van der Waals surface area contributed by atoms with Gasteiger partial charge in [0.25, 0.3) is 0 Å². The molecule has 9 nitrogen and oxygen atoms in total. The first kappa shape index (κ1) is 45.2. The van der Waals surface area contributed by atoms with Crippen LogP contribution in [-0.4, -0.2) is 54.2 Å². The number of benzene rings is 4. The zero-order valence-electron chi connectivity index (χ0n) is 33.3. The predicted octanol–water partition coefficient (Wildman–Crippen LogP) is 9.61. The summed E-state index contributed by atoms with van der Waals surface area (Å²) in [6.45, 7) is 6.21. The molecule has 2 aromatic heterocycles. The first-order valence-corrected chi connectivity index (χ1v) is 20.4. The van der Waals surface area contributed by atoms with E-state index in [0.29, 0.717) is 23.0 Å². The summed E-state index contributed by atoms with van der Waals surface area (Å²) in [5, 5.41) is 4.11. The molecule has 7 rings (SSSR count). The lowest BCUT2D eigenvalue weighted by molar-refractivity contribution is 0.0591. The molecule has 0 unspecified atom stereocenters. The molecule has 0 aliphatic carbocycles. The monoisotopic (exact) mass is 844 g/mol. The summed E-state index contributed by atoms with van der Waals surface area (Å²) in [7, 11) is 2.72. The molecule has 0 saturated carbocycles. The number of carbonyl (C=O) groups excluding carboxylic acids is 2. The third kappa shape index (κ3) is 17.7. The highest BCUT2D eigenvalue weighted by Gasteiger charge is 2.11. The molecular formula is C48H53BrN4O5. The Labute approximate surface area is 351 Å². The van der Waals surface area contributed by atoms with Crippen molar-refractivity contribution in [2.24, 2.45) is 0 Å². The molecule has 4 aromatic carbocycles. The van der Waals surface area contributed by atoms with E-state index in [9.17, 15) is 9.59 Å². The van der Waals surface area contributed by atoms with E-state index in [1.54, 1.807) is 24.4 Å². The predicted molar refractivity (Wildman–Crippen MR) is 233 cm³/mol. The fourth-order valence-corrected chi connectivity index (χ4v) is 5.96. The van der Waals surface area contributed by atoms with Gasteiger partial charge in [0, 0.05) is 63.7 Å². The number of carbonyl (C=O) groups is 2. The van der Waals surface area contributed by atoms with Crippen molar-refractivity contribution in [3.63, 3.8) is 0 Å². The molecular weight excluding hydrogens is 792 g/mol. The van der Waals surface area contributed by atoms with Gasteiger partial charge in [0.2, 0.25) is 0 Å². The van der Waals surface area contributed by atoms with Crippen molar-refractivity contribution in [3.8, 4) is 0 Å². The van der Waals surface area contributed by atoms with Gasteiger partial charge in [0.05, 0.1) is 36.7 Å². The van der Waals surface area contributed by atoms with Crippen LogP contribution in [0.25, 0.3) is 0 Å². The van der Waals surface area contributed by atoms with E-state index < -0.39 is 0 Å². The van der Waals surface area contributed by atoms with Gasteiger partial charge in [-0.3, -0.25) is 14.9 Å². The number of methoxy groups -OCH3 is 2. The van der Waals surface area contributed by atoms with Gasteiger partial charge in [-0.15, -0.1) is 0 Å². The minimum Gasteiger partial charge on any atom is -0.465 e. The largest absolute Gasteiger partial charge is 0.465 e. The van der Waals surface area contributed by atoms with E-state index in [-0.39, 0.29) is 11.9 Å². The lowest BCUT2D eigenvalue weighted by atomic mass is 10.1. The van der Waals surface area contributed by atoms with Crippen molar-refractivity contribution in [2.75, 3.05) is 27.4 Å². The SMILES string of the molecule is C1CCOC1.COC(=O)c1ccc(CBr)nc1.COC(=O)c1ccc(CN(Cc2ccccc2)Cc2ccccc2)nc1.c1ccc(CNCc2ccccc2)cc1. The van der Waals surface area contributed by atoms with Crippen LogP contribution >= 0.6 is 15.9 Å². The van der Waals surface area contributed by atoms with Gasteiger partial charge < -0.3 is 19.5 Å². The second-order valence-corrected chi connectivity index (χ2v) is 13.8. The molecule has 302 valence electrons. The standard InChI is InChI=1S/C22H22N2O2.C14H15N.C8H8BrNO2.C4H8O/c1-26-22(25)20-12-13-21(23-14-20)17-24(15-18-8-4-2-5-9-18)16-19-10-6-3-7-11-19;1-3-7-13(8-4-1)11-15-12-14-9-5-2-6-10-14;1-12-8(11)6-2-3-7(4-9)10-5-6;1-2-4-5-3-1/h2-14H,15-17H2,1H3;1-10,15H,11-12H2;2-3,5H,4H2,1H3;1-4H2. The first-order chi connectivity index (χ1) is 28.5. The Morgan fingerprint density at radius 1 is 0.569 bits per heavy atom. The van der Waals surface area contributed by atoms with E-state index in [1.807, 2.05) is 30.3 Å². The van der Waals surface area contributed by atoms with Crippen LogP contribution in [0.1, 0.15) is 67.2 Å². The number of aromatic nitrogens is 2. The third-order valence-electron chi connectivity index (χ3n) is 8.68. The Morgan fingerprint density at radius 3 is 1.29 bits per heavy atom. The second kappa shape index (κ2) is 27.2. The number of nitrogens with zero attached hydrogens (tertiary/aromatic N) is 3. The second-order valence-electron chi connectivity index (χ2n) is 13.2. The quantitative estimate of drug-likeness (QED) is 0.0900. The number of pyridine rings is 2. The molecule has 0 spiro atoms. The van der Waals surface area contributed by atoms with Crippen molar-refractivity contribution in [1.29, 1.82) is 0 Å². The molecule has 1 saturated heterocycles. The van der Waals surface area contributed by atoms with Crippen molar-refractivity contribution in [2.45, 2.75) is 50.9 Å². The lowest BCUT2D eigenvalue weighted by Gasteiger charge is -2.22. The number of rotatable bonds is 13. The summed E-state index contributed by atoms with van der Waals surface area (Å²) in [4.78, 5) is 33.3. The fourth-order valence-electron chi connectivity index (χ4n) is 5.63. The van der Waals surface area contributed by atoms with E-state index >= 15 is 0 Å². The molecule has 58 heavy (non-hydrogen) atoms. The molecule has 10 heteroatoms. The summed E-state index contributed by atoms with van der Waals surface area (Å²) < 4.78 is 14.2. The first-order valence-electron chi connectivity index (χ1n) is 19.3. The highest BCUT2D eigenvalue weighted by molar-refractivity contribution is 9.08. The van der Waals surface area contributed by atoms with E-state index in [0.717, 1.165) is 50.8 Å². The fraction of sp³-hybridized carbons (Fsp3) is 0.250. The van der Waals surface area contributed by atoms with E-state index in [2.05, 4.69) is 138 Å². The number of halogens is 1. The summed E-state index contributed by atoms with van der Waals surface area (Å²) in [5.41, 5.74) is 7.93. The average molecular weight is 846 g/mol. The number of nitrogens with one attached hydrogen (secondary N) is 1. The third-order valence-corrected chi connectivity index (χ3v) is 9.26. The number of hydrogen-bond donors (Lipinski definition) is 1. The summed E-state index contributed by atoms with van der Waals surface area (Å²) in [5.74, 6) is -0.724. The Bertz CT molecular complexity index is 1900. The van der Waals surface area contributed by atoms with Crippen molar-refractivity contribution in [3.05, 3.63) is 203 Å². The maximum atomic E-state index is 11.6. The van der Waals surface area contributed by atoms with Crippen LogP contribution in [0.4, 0.5) is 0 Å². The number of hydrogen-bond acceptors (Lipinski definition) is 9. The smallest absolute Gasteiger partial charge is 0.339 e. The van der Waals surface area contributed by atoms with Crippen LogP contribution in [0.3, 0.4) is 0 Å². The molecule has 1 aliphatic rings. The van der Waals surface area contributed by atoms with Gasteiger partial charge in [-0.1, -0.05) is 137 Å². The van der Waals surface area contributed by atoms with Crippen LogP contribution in [0.15, 0.2) is 158 Å². The van der Waals surface area contributed by atoms with Crippen LogP contribution in [0.2, 0.25) is 0 Å². The minimum atomic E-state index is -0.366. The van der Waals surface area contributed by atoms with Crippen LogP contribution < -0.4 is 5.32 Å². The van der Waals surface area contributed by atoms with Gasteiger partial charge in [-0.25, -0.2) is 9.59 Å². The molecule has 6 aromatic rings. The Kier molecular flexibility index (Phi) is 21.2. The Hall–Kier alpha value is -5.52. The van der Waals surface area contributed by atoms with Crippen LogP contribution in [0.5, 0.6) is 0 Å². The lowest BCUT2D eigenvalue weighted by Crippen LogP contribution is -2.23. The molecule has 0 radical (unpaired) electrons. The zero-order valence-corrected chi connectivity index (χ0v) is 34.9. The number of alkyl halides is 1. The topological polar surface area (TPSA) is 103 Å². The van der Waals surface area contributed by atoms with Crippen LogP contribution in [0, 0.1) is 0 Å². The van der Waals surface area contributed by atoms with Gasteiger partial charge in [-0.05, 0) is 59.4 Å². The minimum absolute atomic E-state index is 0.358. The van der Waals surface area contributed by atoms with E-state index in [1.165, 1.54) is 55.5 Å².